The van der Waals surface area contributed by atoms with Crippen LogP contribution in [0.15, 0.2) is 60.7 Å². The molecule has 6 heteroatoms. The third kappa shape index (κ3) is 4.37. The van der Waals surface area contributed by atoms with Crippen molar-refractivity contribution < 1.29 is 4.79 Å². The van der Waals surface area contributed by atoms with E-state index in [-0.39, 0.29) is 5.82 Å². The molecule has 0 fully saturated rings. The maximum atomic E-state index is 12.9. The minimum atomic E-state index is -0.393. The normalized spacial score (nSPS) is 10.9. The fraction of sp³-hybridized carbons (Fsp3) is 0.160. The summed E-state index contributed by atoms with van der Waals surface area (Å²) in [7, 11) is 0. The number of rotatable bonds is 4. The average molecular weight is 431 g/mol. The summed E-state index contributed by atoms with van der Waals surface area (Å²) in [5, 5.41) is 7.97. The molecule has 1 N–H and O–H groups in total. The van der Waals surface area contributed by atoms with Crippen LogP contribution in [-0.2, 0) is 0 Å². The van der Waals surface area contributed by atoms with E-state index in [1.165, 1.54) is 5.56 Å². The lowest BCUT2D eigenvalue weighted by atomic mass is 10.1. The maximum absolute atomic E-state index is 12.9. The van der Waals surface area contributed by atoms with Crippen LogP contribution in [0, 0.1) is 27.7 Å². The Hall–Kier alpha value is -3.44. The first-order chi connectivity index (χ1) is 14.8. The molecule has 156 valence electrons. The van der Waals surface area contributed by atoms with Crippen LogP contribution in [-0.4, -0.2) is 20.7 Å². The number of carbonyl (C=O) groups is 1. The zero-order chi connectivity index (χ0) is 22.1. The van der Waals surface area contributed by atoms with Crippen molar-refractivity contribution in [3.63, 3.8) is 0 Å². The molecule has 0 aliphatic heterocycles. The molecule has 4 rings (SSSR count). The summed E-state index contributed by atoms with van der Waals surface area (Å²) in [5.41, 5.74) is 6.75. The number of halogens is 1. The predicted octanol–water partition coefficient (Wildman–Crippen LogP) is 6.07. The van der Waals surface area contributed by atoms with Crippen molar-refractivity contribution in [2.24, 2.45) is 0 Å². The van der Waals surface area contributed by atoms with Crippen LogP contribution in [0.1, 0.15) is 32.9 Å². The second-order valence-corrected chi connectivity index (χ2v) is 8.13. The molecule has 3 aromatic carbocycles. The van der Waals surface area contributed by atoms with Gasteiger partial charge in [-0.05, 0) is 68.7 Å². The maximum Gasteiger partial charge on any atom is 0.295 e. The first-order valence-corrected chi connectivity index (χ1v) is 10.4. The average Bonchev–Trinajstić information content (AvgIpc) is 3.19. The van der Waals surface area contributed by atoms with Crippen LogP contribution >= 0.6 is 11.6 Å². The summed E-state index contributed by atoms with van der Waals surface area (Å²) in [6.07, 6.45) is 0. The molecule has 31 heavy (non-hydrogen) atoms. The number of aryl methyl sites for hydroxylation is 4. The van der Waals surface area contributed by atoms with Gasteiger partial charge in [0.1, 0.15) is 0 Å². The molecular weight excluding hydrogens is 408 g/mol. The molecule has 1 amide bonds. The van der Waals surface area contributed by atoms with Gasteiger partial charge >= 0.3 is 0 Å². The van der Waals surface area contributed by atoms with Crippen molar-refractivity contribution in [3.05, 3.63) is 93.8 Å². The van der Waals surface area contributed by atoms with E-state index in [0.29, 0.717) is 16.5 Å². The molecule has 0 saturated heterocycles. The highest BCUT2D eigenvalue weighted by Crippen LogP contribution is 2.24. The number of hydrogen-bond acceptors (Lipinski definition) is 3. The minimum absolute atomic E-state index is 0.0884. The first-order valence-electron chi connectivity index (χ1n) is 10.0. The number of aromatic nitrogens is 3. The van der Waals surface area contributed by atoms with Gasteiger partial charge in [0.05, 0.1) is 5.69 Å². The van der Waals surface area contributed by atoms with E-state index in [9.17, 15) is 4.79 Å². The number of carbonyl (C=O) groups excluding carboxylic acids is 1. The van der Waals surface area contributed by atoms with E-state index in [4.69, 9.17) is 11.6 Å². The molecule has 0 saturated carbocycles. The monoisotopic (exact) mass is 430 g/mol. The van der Waals surface area contributed by atoms with Crippen LogP contribution in [0.25, 0.3) is 17.1 Å². The van der Waals surface area contributed by atoms with Crippen LogP contribution in [0.5, 0.6) is 0 Å². The molecule has 1 aromatic heterocycles. The topological polar surface area (TPSA) is 59.8 Å². The Balaban J connectivity index is 1.76. The number of anilines is 1. The molecule has 0 aliphatic carbocycles. The quantitative estimate of drug-likeness (QED) is 0.427. The van der Waals surface area contributed by atoms with Gasteiger partial charge in [-0.1, -0.05) is 53.6 Å². The molecule has 0 spiro atoms. The summed E-state index contributed by atoms with van der Waals surface area (Å²) >= 11 is 6.19. The van der Waals surface area contributed by atoms with Crippen molar-refractivity contribution in [3.8, 4) is 17.1 Å². The Morgan fingerprint density at radius 3 is 2.26 bits per heavy atom. The third-order valence-corrected chi connectivity index (χ3v) is 5.69. The number of benzene rings is 3. The minimum Gasteiger partial charge on any atom is -0.319 e. The summed E-state index contributed by atoms with van der Waals surface area (Å²) in [5.74, 6) is 0.303. The molecule has 0 aliphatic rings. The zero-order valence-electron chi connectivity index (χ0n) is 17.9. The fourth-order valence-electron chi connectivity index (χ4n) is 3.19. The standard InChI is InChI=1S/C25H23ClN4O/c1-15-5-9-19(10-6-15)24-28-23(25(31)27-20-11-7-17(3)22(26)14-20)29-30(24)21-12-8-16(2)18(4)13-21/h5-14H,1-4H3,(H,27,31). The second-order valence-electron chi connectivity index (χ2n) is 7.72. The molecular formula is C25H23ClN4O. The van der Waals surface area contributed by atoms with Gasteiger partial charge in [-0.15, -0.1) is 5.10 Å². The Morgan fingerprint density at radius 1 is 0.871 bits per heavy atom. The van der Waals surface area contributed by atoms with Crippen molar-refractivity contribution in [2.45, 2.75) is 27.7 Å². The Bertz CT molecular complexity index is 1280. The summed E-state index contributed by atoms with van der Waals surface area (Å²) in [6, 6.07) is 19.5. The highest BCUT2D eigenvalue weighted by molar-refractivity contribution is 6.31. The van der Waals surface area contributed by atoms with Gasteiger partial charge in [0.2, 0.25) is 5.82 Å². The van der Waals surface area contributed by atoms with Crippen molar-refractivity contribution in [2.75, 3.05) is 5.32 Å². The second kappa shape index (κ2) is 8.36. The highest BCUT2D eigenvalue weighted by Gasteiger charge is 2.19. The summed E-state index contributed by atoms with van der Waals surface area (Å²) in [6.45, 7) is 8.06. The van der Waals surface area contributed by atoms with Crippen molar-refractivity contribution in [1.82, 2.24) is 14.8 Å². The summed E-state index contributed by atoms with van der Waals surface area (Å²) < 4.78 is 1.72. The van der Waals surface area contributed by atoms with Crippen LogP contribution in [0.3, 0.4) is 0 Å². The van der Waals surface area contributed by atoms with Crippen LogP contribution < -0.4 is 5.32 Å². The zero-order valence-corrected chi connectivity index (χ0v) is 18.7. The number of amides is 1. The third-order valence-electron chi connectivity index (χ3n) is 5.28. The lowest BCUT2D eigenvalue weighted by Crippen LogP contribution is -2.14. The van der Waals surface area contributed by atoms with Gasteiger partial charge in [-0.3, -0.25) is 4.79 Å². The SMILES string of the molecule is Cc1ccc(-c2nc(C(=O)Nc3ccc(C)c(Cl)c3)nn2-c2ccc(C)c(C)c2)cc1. The number of nitrogens with zero attached hydrogens (tertiary/aromatic N) is 3. The number of nitrogens with one attached hydrogen (secondary N) is 1. The lowest BCUT2D eigenvalue weighted by Gasteiger charge is -2.08. The smallest absolute Gasteiger partial charge is 0.295 e. The van der Waals surface area contributed by atoms with Gasteiger partial charge in [-0.25, -0.2) is 9.67 Å². The van der Waals surface area contributed by atoms with E-state index in [2.05, 4.69) is 29.2 Å². The van der Waals surface area contributed by atoms with Gasteiger partial charge in [0.15, 0.2) is 5.82 Å². The molecule has 4 aromatic rings. The molecule has 0 unspecified atom stereocenters. The summed E-state index contributed by atoms with van der Waals surface area (Å²) in [4.78, 5) is 17.5. The van der Waals surface area contributed by atoms with Crippen molar-refractivity contribution in [1.29, 1.82) is 0 Å². The molecule has 0 bridgehead atoms. The fourth-order valence-corrected chi connectivity index (χ4v) is 3.37. The lowest BCUT2D eigenvalue weighted by molar-refractivity contribution is 0.101. The van der Waals surface area contributed by atoms with Gasteiger partial charge in [0.25, 0.3) is 5.91 Å². The largest absolute Gasteiger partial charge is 0.319 e. The highest BCUT2D eigenvalue weighted by atomic mass is 35.5. The van der Waals surface area contributed by atoms with Crippen molar-refractivity contribution >= 4 is 23.2 Å². The van der Waals surface area contributed by atoms with Crippen LogP contribution in [0.4, 0.5) is 5.69 Å². The molecule has 5 nitrogen and oxygen atoms in total. The Kier molecular flexibility index (Phi) is 5.61. The van der Waals surface area contributed by atoms with Gasteiger partial charge < -0.3 is 5.32 Å². The van der Waals surface area contributed by atoms with E-state index in [1.807, 2.05) is 62.4 Å². The van der Waals surface area contributed by atoms with Gasteiger partial charge in [0, 0.05) is 16.3 Å². The molecule has 0 atom stereocenters. The van der Waals surface area contributed by atoms with E-state index >= 15 is 0 Å². The molecule has 1 heterocycles. The van der Waals surface area contributed by atoms with E-state index in [0.717, 1.165) is 27.9 Å². The Labute approximate surface area is 186 Å². The predicted molar refractivity (Wildman–Crippen MR) is 125 cm³/mol. The van der Waals surface area contributed by atoms with E-state index in [1.54, 1.807) is 16.8 Å². The number of hydrogen-bond donors (Lipinski definition) is 1. The Morgan fingerprint density at radius 2 is 1.58 bits per heavy atom. The molecule has 0 radical (unpaired) electrons. The first kappa shape index (κ1) is 20.8. The van der Waals surface area contributed by atoms with Gasteiger partial charge in [-0.2, -0.15) is 0 Å². The van der Waals surface area contributed by atoms with Crippen LogP contribution in [0.2, 0.25) is 5.02 Å². The van der Waals surface area contributed by atoms with E-state index < -0.39 is 5.91 Å².